The second-order valence-electron chi connectivity index (χ2n) is 16.6. The number of amides is 3. The van der Waals surface area contributed by atoms with E-state index in [-0.39, 0.29) is 35.0 Å². The molecule has 60 heavy (non-hydrogen) atoms. The number of nitrogens with one attached hydrogen (secondary N) is 2. The number of halogens is 3. The Bertz CT molecular complexity index is 2220. The van der Waals surface area contributed by atoms with Crippen molar-refractivity contribution in [2.75, 3.05) is 56.9 Å². The summed E-state index contributed by atoms with van der Waals surface area (Å²) in [5.74, 6) is -0.253. The van der Waals surface area contributed by atoms with Gasteiger partial charge in [0.25, 0.3) is 5.91 Å². The molecule has 0 spiro atoms. The van der Waals surface area contributed by atoms with E-state index in [2.05, 4.69) is 36.3 Å². The molecule has 0 radical (unpaired) electrons. The fraction of sp³-hybridized carbons (Fsp3) is 0.477. The van der Waals surface area contributed by atoms with Gasteiger partial charge in [0.05, 0.1) is 17.3 Å². The highest BCUT2D eigenvalue weighted by atomic mass is 35.5. The molecule has 4 aliphatic rings. The minimum Gasteiger partial charge on any atom is -0.482 e. The second kappa shape index (κ2) is 18.5. The molecule has 2 aromatic heterocycles. The predicted molar refractivity (Wildman–Crippen MR) is 229 cm³/mol. The summed E-state index contributed by atoms with van der Waals surface area (Å²) in [4.78, 5) is 48.3. The number of ether oxygens (including phenoxy) is 1. The fourth-order valence-electron chi connectivity index (χ4n) is 8.98. The van der Waals surface area contributed by atoms with Crippen molar-refractivity contribution in [1.82, 2.24) is 34.8 Å². The fourth-order valence-corrected chi connectivity index (χ4v) is 9.66. The van der Waals surface area contributed by atoms with Crippen LogP contribution in [-0.2, 0) is 16.1 Å². The molecule has 3 fully saturated rings. The molecule has 0 aliphatic carbocycles. The molecule has 318 valence electrons. The Morgan fingerprint density at radius 2 is 1.75 bits per heavy atom. The first-order valence-electron chi connectivity index (χ1n) is 21.1. The molecule has 2 atom stereocenters. The number of nitrogen functional groups attached to an aromatic ring is 1. The average molecular weight is 861 g/mol. The summed E-state index contributed by atoms with van der Waals surface area (Å²) < 4.78 is 22.3. The molecule has 13 nitrogen and oxygen atoms in total. The zero-order valence-electron chi connectivity index (χ0n) is 33.8. The van der Waals surface area contributed by atoms with Crippen molar-refractivity contribution in [2.45, 2.75) is 83.0 Å². The van der Waals surface area contributed by atoms with Crippen molar-refractivity contribution in [2.24, 2.45) is 5.92 Å². The van der Waals surface area contributed by atoms with Crippen LogP contribution in [0.3, 0.4) is 0 Å². The van der Waals surface area contributed by atoms with E-state index in [1.807, 2.05) is 30.5 Å². The van der Waals surface area contributed by atoms with Gasteiger partial charge in [0, 0.05) is 103 Å². The van der Waals surface area contributed by atoms with Crippen LogP contribution in [-0.4, -0.2) is 99.0 Å². The molecular weight excluding hydrogens is 808 g/mol. The van der Waals surface area contributed by atoms with Crippen LogP contribution in [0, 0.1) is 11.7 Å². The number of carbonyl (C=O) groups excluding carboxylic acids is 3. The molecule has 8 rings (SSSR count). The molecule has 0 saturated carbocycles. The van der Waals surface area contributed by atoms with Gasteiger partial charge in [-0.3, -0.25) is 24.4 Å². The van der Waals surface area contributed by atoms with Crippen LogP contribution < -0.4 is 21.1 Å². The Labute approximate surface area is 359 Å². The Kier molecular flexibility index (Phi) is 12.9. The van der Waals surface area contributed by atoms with Gasteiger partial charge in [-0.15, -0.1) is 0 Å². The molecule has 4 N–H and O–H groups in total. The van der Waals surface area contributed by atoms with Gasteiger partial charge >= 0.3 is 0 Å². The number of rotatable bonds is 16. The first kappa shape index (κ1) is 42.0. The summed E-state index contributed by atoms with van der Waals surface area (Å²) >= 11 is 12.5. The average Bonchev–Trinajstić information content (AvgIpc) is 3.85. The summed E-state index contributed by atoms with van der Waals surface area (Å²) in [6, 6.07) is 9.94. The quantitative estimate of drug-likeness (QED) is 0.0604. The van der Waals surface area contributed by atoms with Gasteiger partial charge in [-0.05, 0) is 82.4 Å². The predicted octanol–water partition coefficient (Wildman–Crippen LogP) is 7.12. The highest BCUT2D eigenvalue weighted by Gasteiger charge is 2.40. The standard InChI is InChI=1S/C44H52Cl2FN9O4/c1-27(40-34(45)9-10-35(47)41(40)46)60-38-19-29(21-50-42(38)48)30-22-51-56(25-30)31-13-17-53(18-14-31)15-4-2-3-5-16-54-23-28(24-54)20-49-36-8-6-7-32-33(36)26-55(44(32)59)37-11-12-39(57)52-43(37)58/h6-10,19,21-22,25,27-28,31,37,49H,2-5,11-18,20,23-24,26H2,1H3,(H2,48,50)(H,52,57,58)/t27-,37?/m1/s1. The van der Waals surface area contributed by atoms with Crippen LogP contribution >= 0.6 is 23.2 Å². The lowest BCUT2D eigenvalue weighted by Gasteiger charge is -2.39. The minimum absolute atomic E-state index is 0.0805. The number of carbonyl (C=O) groups is 3. The molecule has 3 saturated heterocycles. The number of hydrogen-bond acceptors (Lipinski definition) is 10. The number of likely N-dealkylation sites (tertiary alicyclic amines) is 2. The van der Waals surface area contributed by atoms with E-state index >= 15 is 0 Å². The van der Waals surface area contributed by atoms with Gasteiger partial charge < -0.3 is 30.5 Å². The Morgan fingerprint density at radius 3 is 2.52 bits per heavy atom. The topological polar surface area (TPSA) is 151 Å². The van der Waals surface area contributed by atoms with Gasteiger partial charge in [-0.25, -0.2) is 9.37 Å². The lowest BCUT2D eigenvalue weighted by molar-refractivity contribution is -0.136. The Hall–Kier alpha value is -4.76. The number of anilines is 2. The van der Waals surface area contributed by atoms with Gasteiger partial charge in [0.2, 0.25) is 11.8 Å². The maximum absolute atomic E-state index is 14.2. The van der Waals surface area contributed by atoms with Crippen LogP contribution in [0.25, 0.3) is 11.1 Å². The number of pyridine rings is 1. The maximum Gasteiger partial charge on any atom is 0.255 e. The van der Waals surface area contributed by atoms with E-state index in [0.717, 1.165) is 81.0 Å². The zero-order valence-corrected chi connectivity index (χ0v) is 35.4. The van der Waals surface area contributed by atoms with E-state index in [1.165, 1.54) is 37.8 Å². The highest BCUT2D eigenvalue weighted by Crippen LogP contribution is 2.38. The van der Waals surface area contributed by atoms with Crippen molar-refractivity contribution >= 4 is 52.4 Å². The Morgan fingerprint density at radius 1 is 0.983 bits per heavy atom. The minimum atomic E-state index is -0.661. The number of aromatic nitrogens is 3. The molecule has 2 aromatic carbocycles. The number of piperidine rings is 2. The third kappa shape index (κ3) is 9.26. The third-order valence-corrected chi connectivity index (χ3v) is 13.1. The lowest BCUT2D eigenvalue weighted by Crippen LogP contribution is -2.52. The summed E-state index contributed by atoms with van der Waals surface area (Å²) in [5.41, 5.74) is 10.8. The maximum atomic E-state index is 14.2. The molecule has 16 heteroatoms. The highest BCUT2D eigenvalue weighted by molar-refractivity contribution is 6.36. The van der Waals surface area contributed by atoms with E-state index in [0.29, 0.717) is 46.8 Å². The zero-order chi connectivity index (χ0) is 41.9. The molecule has 0 bridgehead atoms. The number of unbranched alkanes of at least 4 members (excludes halogenated alkanes) is 3. The van der Waals surface area contributed by atoms with E-state index in [9.17, 15) is 18.8 Å². The van der Waals surface area contributed by atoms with Crippen molar-refractivity contribution in [3.8, 4) is 16.9 Å². The van der Waals surface area contributed by atoms with Gasteiger partial charge in [-0.2, -0.15) is 5.10 Å². The van der Waals surface area contributed by atoms with Crippen LogP contribution in [0.4, 0.5) is 15.9 Å². The molecule has 4 aromatic rings. The third-order valence-electron chi connectivity index (χ3n) is 12.4. The monoisotopic (exact) mass is 859 g/mol. The lowest BCUT2D eigenvalue weighted by atomic mass is 9.98. The first-order chi connectivity index (χ1) is 29.0. The number of benzene rings is 2. The van der Waals surface area contributed by atoms with Crippen LogP contribution in [0.5, 0.6) is 5.75 Å². The molecule has 6 heterocycles. The van der Waals surface area contributed by atoms with E-state index in [4.69, 9.17) is 38.8 Å². The van der Waals surface area contributed by atoms with Gasteiger partial charge in [0.1, 0.15) is 18.0 Å². The van der Waals surface area contributed by atoms with Crippen molar-refractivity contribution < 1.29 is 23.5 Å². The second-order valence-corrected chi connectivity index (χ2v) is 17.3. The number of fused-ring (bicyclic) bond motifs is 1. The van der Waals surface area contributed by atoms with Crippen molar-refractivity contribution in [1.29, 1.82) is 0 Å². The Balaban J connectivity index is 0.703. The van der Waals surface area contributed by atoms with Gasteiger partial charge in [-0.1, -0.05) is 42.1 Å². The van der Waals surface area contributed by atoms with Crippen LogP contribution in [0.15, 0.2) is 55.0 Å². The summed E-state index contributed by atoms with van der Waals surface area (Å²) in [6.07, 6.45) is 12.5. The van der Waals surface area contributed by atoms with Crippen molar-refractivity contribution in [3.63, 3.8) is 0 Å². The molecule has 4 aliphatic heterocycles. The summed E-state index contributed by atoms with van der Waals surface area (Å²) in [7, 11) is 0. The van der Waals surface area contributed by atoms with Crippen LogP contribution in [0.2, 0.25) is 10.0 Å². The molecule has 1 unspecified atom stereocenters. The van der Waals surface area contributed by atoms with Crippen molar-refractivity contribution in [3.05, 3.63) is 87.5 Å². The number of imide groups is 1. The number of nitrogens with zero attached hydrogens (tertiary/aromatic N) is 6. The van der Waals surface area contributed by atoms with E-state index < -0.39 is 18.0 Å². The van der Waals surface area contributed by atoms with E-state index in [1.54, 1.807) is 18.0 Å². The summed E-state index contributed by atoms with van der Waals surface area (Å²) in [6.45, 7) is 9.46. The largest absolute Gasteiger partial charge is 0.482 e. The smallest absolute Gasteiger partial charge is 0.255 e. The number of nitrogens with two attached hydrogens (primary N) is 1. The number of hydrogen-bond donors (Lipinski definition) is 3. The van der Waals surface area contributed by atoms with Crippen LogP contribution in [0.1, 0.15) is 91.9 Å². The first-order valence-corrected chi connectivity index (χ1v) is 21.8. The molecular formula is C44H52Cl2FN9O4. The van der Waals surface area contributed by atoms with Gasteiger partial charge in [0.15, 0.2) is 11.6 Å². The SMILES string of the molecule is C[C@@H](Oc1cc(-c2cnn(C3CCN(CCCCCCN4CC(CNc5cccc6c5CN(C5CCC(=O)NC5=O)C6=O)C4)CC3)c2)cnc1N)c1c(Cl)ccc(F)c1Cl. The summed E-state index contributed by atoms with van der Waals surface area (Å²) in [5, 5.41) is 10.9. The molecule has 3 amide bonds. The normalized spacial score (nSPS) is 19.6.